The zero-order valence-corrected chi connectivity index (χ0v) is 11.7. The average Bonchev–Trinajstić information content (AvgIpc) is 2.96. The molecule has 1 fully saturated rings. The first-order valence-corrected chi connectivity index (χ1v) is 7.05. The average molecular weight is 280 g/mol. The van der Waals surface area contributed by atoms with Crippen LogP contribution in [0.4, 0.5) is 0 Å². The summed E-state index contributed by atoms with van der Waals surface area (Å²) in [7, 11) is 0. The molecule has 2 aromatic rings. The van der Waals surface area contributed by atoms with Crippen molar-refractivity contribution in [1.82, 2.24) is 14.3 Å². The third-order valence-electron chi connectivity index (χ3n) is 3.94. The van der Waals surface area contributed by atoms with Gasteiger partial charge in [0, 0.05) is 19.3 Å². The lowest BCUT2D eigenvalue weighted by Gasteiger charge is -2.17. The molecule has 4 nitrogen and oxygen atoms in total. The molecule has 2 aromatic heterocycles. The molecule has 1 saturated heterocycles. The Morgan fingerprint density at radius 3 is 3.11 bits per heavy atom. The number of aromatic nitrogens is 2. The molecular formula is C14H18ClN3O. The number of hydrogen-bond donors (Lipinski definition) is 1. The maximum absolute atomic E-state index is 9.65. The van der Waals surface area contributed by atoms with Gasteiger partial charge in [0.05, 0.1) is 11.8 Å². The normalized spacial score (nSPS) is 22.2. The molecule has 102 valence electrons. The predicted octanol–water partition coefficient (Wildman–Crippen LogP) is 2.19. The molecule has 0 bridgehead atoms. The minimum absolute atomic E-state index is 0.234. The van der Waals surface area contributed by atoms with Crippen molar-refractivity contribution >= 4 is 17.2 Å². The molecule has 0 saturated carbocycles. The van der Waals surface area contributed by atoms with Gasteiger partial charge in [-0.3, -0.25) is 4.90 Å². The van der Waals surface area contributed by atoms with Crippen LogP contribution in [0.2, 0.25) is 5.15 Å². The molecule has 1 aliphatic heterocycles. The van der Waals surface area contributed by atoms with Gasteiger partial charge in [-0.1, -0.05) is 17.7 Å². The number of rotatable bonds is 3. The zero-order chi connectivity index (χ0) is 13.4. The summed E-state index contributed by atoms with van der Waals surface area (Å²) < 4.78 is 2.04. The summed E-state index contributed by atoms with van der Waals surface area (Å²) in [6.45, 7) is 4.59. The van der Waals surface area contributed by atoms with Crippen molar-refractivity contribution in [2.45, 2.75) is 26.0 Å². The van der Waals surface area contributed by atoms with Crippen molar-refractivity contribution in [3.8, 4) is 0 Å². The van der Waals surface area contributed by atoms with E-state index in [1.165, 1.54) is 0 Å². The summed E-state index contributed by atoms with van der Waals surface area (Å²) in [4.78, 5) is 6.69. The molecular weight excluding hydrogens is 262 g/mol. The van der Waals surface area contributed by atoms with Gasteiger partial charge in [0.1, 0.15) is 5.65 Å². The molecule has 3 heterocycles. The highest BCUT2D eigenvalue weighted by Crippen LogP contribution is 2.24. The van der Waals surface area contributed by atoms with Crippen LogP contribution >= 0.6 is 11.6 Å². The van der Waals surface area contributed by atoms with Gasteiger partial charge in [0.2, 0.25) is 0 Å². The highest BCUT2D eigenvalue weighted by atomic mass is 35.5. The van der Waals surface area contributed by atoms with Crippen molar-refractivity contribution in [2.75, 3.05) is 13.1 Å². The number of nitrogens with zero attached hydrogens (tertiary/aromatic N) is 3. The van der Waals surface area contributed by atoms with Gasteiger partial charge in [-0.25, -0.2) is 4.98 Å². The van der Waals surface area contributed by atoms with E-state index in [4.69, 9.17) is 11.6 Å². The second-order valence-corrected chi connectivity index (χ2v) is 5.66. The van der Waals surface area contributed by atoms with E-state index in [-0.39, 0.29) is 6.10 Å². The van der Waals surface area contributed by atoms with Crippen molar-refractivity contribution in [2.24, 2.45) is 5.92 Å². The first kappa shape index (κ1) is 12.9. The zero-order valence-electron chi connectivity index (χ0n) is 11.0. The van der Waals surface area contributed by atoms with Gasteiger partial charge >= 0.3 is 0 Å². The van der Waals surface area contributed by atoms with Crippen LogP contribution in [0.15, 0.2) is 24.4 Å². The Bertz CT molecular complexity index is 581. The van der Waals surface area contributed by atoms with Crippen molar-refractivity contribution in [3.63, 3.8) is 0 Å². The SMILES string of the molecule is CC(O)C1CCN(Cc2c(Cl)nc3ccccn23)C1. The molecule has 2 unspecified atom stereocenters. The number of likely N-dealkylation sites (tertiary alicyclic amines) is 1. The molecule has 19 heavy (non-hydrogen) atoms. The monoisotopic (exact) mass is 279 g/mol. The number of aliphatic hydroxyl groups excluding tert-OH is 1. The smallest absolute Gasteiger partial charge is 0.152 e. The quantitative estimate of drug-likeness (QED) is 0.936. The van der Waals surface area contributed by atoms with E-state index in [1.54, 1.807) is 0 Å². The van der Waals surface area contributed by atoms with Crippen molar-refractivity contribution in [1.29, 1.82) is 0 Å². The minimum atomic E-state index is -0.234. The molecule has 1 N–H and O–H groups in total. The van der Waals surface area contributed by atoms with E-state index in [1.807, 2.05) is 35.7 Å². The van der Waals surface area contributed by atoms with Crippen LogP contribution in [0.1, 0.15) is 19.0 Å². The fraction of sp³-hybridized carbons (Fsp3) is 0.500. The van der Waals surface area contributed by atoms with Crippen LogP contribution in [0.5, 0.6) is 0 Å². The number of pyridine rings is 1. The summed E-state index contributed by atoms with van der Waals surface area (Å²) in [5, 5.41) is 10.2. The summed E-state index contributed by atoms with van der Waals surface area (Å²) in [6.07, 6.45) is 2.81. The van der Waals surface area contributed by atoms with Gasteiger partial charge < -0.3 is 9.51 Å². The van der Waals surface area contributed by atoms with Crippen LogP contribution < -0.4 is 0 Å². The maximum atomic E-state index is 9.65. The van der Waals surface area contributed by atoms with Crippen LogP contribution in [0.25, 0.3) is 5.65 Å². The second kappa shape index (κ2) is 5.12. The van der Waals surface area contributed by atoms with Gasteiger partial charge in [-0.15, -0.1) is 0 Å². The number of imidazole rings is 1. The Labute approximate surface area is 117 Å². The van der Waals surface area contributed by atoms with Gasteiger partial charge in [0.25, 0.3) is 0 Å². The molecule has 0 aliphatic carbocycles. The first-order valence-electron chi connectivity index (χ1n) is 6.67. The van der Waals surface area contributed by atoms with Crippen molar-refractivity contribution < 1.29 is 5.11 Å². The lowest BCUT2D eigenvalue weighted by Crippen LogP contribution is -2.24. The van der Waals surface area contributed by atoms with Crippen LogP contribution in [0, 0.1) is 5.92 Å². The first-order chi connectivity index (χ1) is 9.15. The second-order valence-electron chi connectivity index (χ2n) is 5.30. The van der Waals surface area contributed by atoms with Gasteiger partial charge in [-0.2, -0.15) is 0 Å². The standard InChI is InChI=1S/C14H18ClN3O/c1-10(19)11-5-7-17(8-11)9-12-14(15)16-13-4-2-3-6-18(12)13/h2-4,6,10-11,19H,5,7-9H2,1H3. The summed E-state index contributed by atoms with van der Waals surface area (Å²) in [5.74, 6) is 0.373. The Morgan fingerprint density at radius 2 is 2.37 bits per heavy atom. The summed E-state index contributed by atoms with van der Waals surface area (Å²) in [5.41, 5.74) is 1.91. The molecule has 0 radical (unpaired) electrons. The summed E-state index contributed by atoms with van der Waals surface area (Å²) in [6, 6.07) is 5.90. The predicted molar refractivity (Wildman–Crippen MR) is 75.3 cm³/mol. The number of fused-ring (bicyclic) bond motifs is 1. The fourth-order valence-corrected chi connectivity index (χ4v) is 3.01. The molecule has 0 aromatic carbocycles. The van der Waals surface area contributed by atoms with E-state index >= 15 is 0 Å². The Balaban J connectivity index is 1.81. The molecule has 3 rings (SSSR count). The maximum Gasteiger partial charge on any atom is 0.152 e. The highest BCUT2D eigenvalue weighted by molar-refractivity contribution is 6.30. The third-order valence-corrected chi connectivity index (χ3v) is 4.25. The minimum Gasteiger partial charge on any atom is -0.393 e. The molecule has 1 aliphatic rings. The van der Waals surface area contributed by atoms with E-state index < -0.39 is 0 Å². The Kier molecular flexibility index (Phi) is 3.48. The number of halogens is 1. The van der Waals surface area contributed by atoms with Gasteiger partial charge in [0.15, 0.2) is 5.15 Å². The Hall–Kier alpha value is -1.10. The van der Waals surface area contributed by atoms with E-state index in [0.717, 1.165) is 37.4 Å². The van der Waals surface area contributed by atoms with Crippen molar-refractivity contribution in [3.05, 3.63) is 35.2 Å². The molecule has 0 amide bonds. The fourth-order valence-electron chi connectivity index (χ4n) is 2.77. The largest absolute Gasteiger partial charge is 0.393 e. The highest BCUT2D eigenvalue weighted by Gasteiger charge is 2.27. The van der Waals surface area contributed by atoms with Crippen LogP contribution in [-0.2, 0) is 6.54 Å². The third kappa shape index (κ3) is 2.48. The lowest BCUT2D eigenvalue weighted by atomic mass is 10.0. The molecule has 5 heteroatoms. The van der Waals surface area contributed by atoms with E-state index in [0.29, 0.717) is 11.1 Å². The molecule has 0 spiro atoms. The summed E-state index contributed by atoms with van der Waals surface area (Å²) >= 11 is 6.24. The van der Waals surface area contributed by atoms with E-state index in [9.17, 15) is 5.11 Å². The van der Waals surface area contributed by atoms with E-state index in [2.05, 4.69) is 9.88 Å². The van der Waals surface area contributed by atoms with Crippen LogP contribution in [-0.4, -0.2) is 38.6 Å². The lowest BCUT2D eigenvalue weighted by molar-refractivity contribution is 0.127. The topological polar surface area (TPSA) is 40.8 Å². The molecule has 2 atom stereocenters. The number of hydrogen-bond acceptors (Lipinski definition) is 3. The Morgan fingerprint density at radius 1 is 1.53 bits per heavy atom. The number of aliphatic hydroxyl groups is 1. The van der Waals surface area contributed by atoms with Gasteiger partial charge in [-0.05, 0) is 37.9 Å². The van der Waals surface area contributed by atoms with Crippen LogP contribution in [0.3, 0.4) is 0 Å².